The van der Waals surface area contributed by atoms with Gasteiger partial charge in [0.05, 0.1) is 6.54 Å². The summed E-state index contributed by atoms with van der Waals surface area (Å²) in [4.78, 5) is 12.9. The van der Waals surface area contributed by atoms with Crippen LogP contribution in [0.1, 0.15) is 11.1 Å². The minimum atomic E-state index is -0.0119. The summed E-state index contributed by atoms with van der Waals surface area (Å²) in [5, 5.41) is 0. The van der Waals surface area contributed by atoms with Gasteiger partial charge in [0.2, 0.25) is 5.91 Å². The summed E-state index contributed by atoms with van der Waals surface area (Å²) in [6.45, 7) is 2.87. The highest BCUT2D eigenvalue weighted by molar-refractivity contribution is 5.77. The number of benzene rings is 1. The highest BCUT2D eigenvalue weighted by Crippen LogP contribution is 2.04. The Kier molecular flexibility index (Phi) is 4.31. The van der Waals surface area contributed by atoms with Gasteiger partial charge >= 0.3 is 0 Å². The van der Waals surface area contributed by atoms with Crippen LogP contribution in [0.4, 0.5) is 0 Å². The number of nitrogens with zero attached hydrogens (tertiary/aromatic N) is 1. The highest BCUT2D eigenvalue weighted by Gasteiger charge is 2.05. The van der Waals surface area contributed by atoms with Gasteiger partial charge in [0.1, 0.15) is 0 Å². The van der Waals surface area contributed by atoms with Crippen molar-refractivity contribution < 1.29 is 4.79 Å². The van der Waals surface area contributed by atoms with Gasteiger partial charge < -0.3 is 10.6 Å². The van der Waals surface area contributed by atoms with Crippen LogP contribution >= 0.6 is 0 Å². The number of aryl methyl sites for hydroxylation is 1. The Labute approximate surface area is 90.9 Å². The summed E-state index contributed by atoms with van der Waals surface area (Å²) in [5.41, 5.74) is 7.77. The van der Waals surface area contributed by atoms with Crippen LogP contribution in [0.2, 0.25) is 0 Å². The van der Waals surface area contributed by atoms with Gasteiger partial charge in [-0.3, -0.25) is 4.79 Å². The molecule has 0 saturated carbocycles. The molecule has 0 aliphatic heterocycles. The number of carbonyl (C=O) groups is 1. The first-order valence-electron chi connectivity index (χ1n) is 5.13. The molecule has 0 radical (unpaired) electrons. The molecular weight excluding hydrogens is 188 g/mol. The maximum Gasteiger partial charge on any atom is 0.236 e. The third-order valence-corrected chi connectivity index (χ3v) is 2.46. The number of amides is 1. The standard InChI is InChI=1S/C12H18N2O/c1-10-3-5-11(6-4-10)7-8-14(2)12(15)9-13/h3-6H,7-9,13H2,1-2H3. The Morgan fingerprint density at radius 2 is 1.93 bits per heavy atom. The number of hydrogen-bond acceptors (Lipinski definition) is 2. The van der Waals surface area contributed by atoms with E-state index in [1.807, 2.05) is 0 Å². The van der Waals surface area contributed by atoms with Crippen molar-refractivity contribution in [1.82, 2.24) is 4.90 Å². The van der Waals surface area contributed by atoms with Crippen LogP contribution in [-0.4, -0.2) is 30.9 Å². The molecule has 0 heterocycles. The molecule has 1 amide bonds. The highest BCUT2D eigenvalue weighted by atomic mass is 16.2. The van der Waals surface area contributed by atoms with Gasteiger partial charge in [-0.15, -0.1) is 0 Å². The quantitative estimate of drug-likeness (QED) is 0.797. The molecule has 3 heteroatoms. The van der Waals surface area contributed by atoms with Gasteiger partial charge in [-0.25, -0.2) is 0 Å². The summed E-state index contributed by atoms with van der Waals surface area (Å²) < 4.78 is 0. The van der Waals surface area contributed by atoms with Crippen LogP contribution < -0.4 is 5.73 Å². The number of nitrogens with two attached hydrogens (primary N) is 1. The maximum atomic E-state index is 11.2. The van der Waals surface area contributed by atoms with Crippen molar-refractivity contribution in [3.63, 3.8) is 0 Å². The van der Waals surface area contributed by atoms with E-state index in [1.165, 1.54) is 11.1 Å². The van der Waals surface area contributed by atoms with Crippen LogP contribution in [0.5, 0.6) is 0 Å². The van der Waals surface area contributed by atoms with Crippen LogP contribution in [0.3, 0.4) is 0 Å². The molecule has 0 fully saturated rings. The van der Waals surface area contributed by atoms with Crippen molar-refractivity contribution in [2.24, 2.45) is 5.73 Å². The topological polar surface area (TPSA) is 46.3 Å². The molecule has 0 aliphatic rings. The van der Waals surface area contributed by atoms with Crippen LogP contribution in [-0.2, 0) is 11.2 Å². The van der Waals surface area contributed by atoms with Gasteiger partial charge in [-0.1, -0.05) is 29.8 Å². The number of likely N-dealkylation sites (N-methyl/N-ethyl adjacent to an activating group) is 1. The lowest BCUT2D eigenvalue weighted by molar-refractivity contribution is -0.128. The van der Waals surface area contributed by atoms with Crippen molar-refractivity contribution in [2.75, 3.05) is 20.1 Å². The maximum absolute atomic E-state index is 11.2. The summed E-state index contributed by atoms with van der Waals surface area (Å²) in [5.74, 6) is -0.0119. The second kappa shape index (κ2) is 5.51. The van der Waals surface area contributed by atoms with Gasteiger partial charge in [-0.05, 0) is 18.9 Å². The van der Waals surface area contributed by atoms with Crippen LogP contribution in [0.15, 0.2) is 24.3 Å². The third kappa shape index (κ3) is 3.72. The van der Waals surface area contributed by atoms with Crippen molar-refractivity contribution in [1.29, 1.82) is 0 Å². The predicted octanol–water partition coefficient (Wildman–Crippen LogP) is 0.955. The second-order valence-electron chi connectivity index (χ2n) is 3.76. The first-order chi connectivity index (χ1) is 7.13. The molecule has 0 atom stereocenters. The largest absolute Gasteiger partial charge is 0.344 e. The molecule has 2 N–H and O–H groups in total. The summed E-state index contributed by atoms with van der Waals surface area (Å²) >= 11 is 0. The molecular formula is C12H18N2O. The summed E-state index contributed by atoms with van der Waals surface area (Å²) in [6, 6.07) is 8.35. The molecule has 0 saturated heterocycles. The van der Waals surface area contributed by atoms with E-state index in [-0.39, 0.29) is 12.5 Å². The lowest BCUT2D eigenvalue weighted by atomic mass is 10.1. The fourth-order valence-electron chi connectivity index (χ4n) is 1.33. The number of rotatable bonds is 4. The van der Waals surface area contributed by atoms with Crippen molar-refractivity contribution in [2.45, 2.75) is 13.3 Å². The lowest BCUT2D eigenvalue weighted by Gasteiger charge is -2.15. The Hall–Kier alpha value is -1.35. The monoisotopic (exact) mass is 206 g/mol. The Morgan fingerprint density at radius 3 is 2.47 bits per heavy atom. The Morgan fingerprint density at radius 1 is 1.33 bits per heavy atom. The molecule has 0 unspecified atom stereocenters. The van der Waals surface area contributed by atoms with Crippen LogP contribution in [0.25, 0.3) is 0 Å². The van der Waals surface area contributed by atoms with Gasteiger partial charge in [0.15, 0.2) is 0 Å². The van der Waals surface area contributed by atoms with Crippen molar-refractivity contribution >= 4 is 5.91 Å². The first-order valence-corrected chi connectivity index (χ1v) is 5.13. The fourth-order valence-corrected chi connectivity index (χ4v) is 1.33. The summed E-state index contributed by atoms with van der Waals surface area (Å²) in [7, 11) is 1.78. The molecule has 1 aromatic rings. The van der Waals surface area contributed by atoms with E-state index in [9.17, 15) is 4.79 Å². The van der Waals surface area contributed by atoms with E-state index < -0.39 is 0 Å². The zero-order valence-corrected chi connectivity index (χ0v) is 9.36. The number of hydrogen-bond donors (Lipinski definition) is 1. The van der Waals surface area contributed by atoms with Crippen molar-refractivity contribution in [3.05, 3.63) is 35.4 Å². The molecule has 82 valence electrons. The number of carbonyl (C=O) groups excluding carboxylic acids is 1. The predicted molar refractivity (Wildman–Crippen MR) is 61.6 cm³/mol. The van der Waals surface area contributed by atoms with E-state index in [2.05, 4.69) is 31.2 Å². The van der Waals surface area contributed by atoms with E-state index >= 15 is 0 Å². The van der Waals surface area contributed by atoms with Gasteiger partial charge in [0, 0.05) is 13.6 Å². The Bertz CT molecular complexity index is 319. The molecule has 15 heavy (non-hydrogen) atoms. The van der Waals surface area contributed by atoms with Gasteiger partial charge in [-0.2, -0.15) is 0 Å². The molecule has 0 aromatic heterocycles. The Balaban J connectivity index is 2.43. The van der Waals surface area contributed by atoms with E-state index in [1.54, 1.807) is 11.9 Å². The molecule has 1 aromatic carbocycles. The van der Waals surface area contributed by atoms with E-state index in [4.69, 9.17) is 5.73 Å². The normalized spacial score (nSPS) is 10.1. The first kappa shape index (κ1) is 11.7. The van der Waals surface area contributed by atoms with E-state index in [0.29, 0.717) is 0 Å². The average Bonchev–Trinajstić information content (AvgIpc) is 2.26. The second-order valence-corrected chi connectivity index (χ2v) is 3.76. The lowest BCUT2D eigenvalue weighted by Crippen LogP contribution is -2.34. The smallest absolute Gasteiger partial charge is 0.236 e. The molecule has 0 spiro atoms. The minimum absolute atomic E-state index is 0.0119. The zero-order chi connectivity index (χ0) is 11.3. The zero-order valence-electron chi connectivity index (χ0n) is 9.36. The average molecular weight is 206 g/mol. The third-order valence-electron chi connectivity index (χ3n) is 2.46. The van der Waals surface area contributed by atoms with E-state index in [0.717, 1.165) is 13.0 Å². The summed E-state index contributed by atoms with van der Waals surface area (Å²) in [6.07, 6.45) is 0.878. The fraction of sp³-hybridized carbons (Fsp3) is 0.417. The van der Waals surface area contributed by atoms with Crippen LogP contribution in [0, 0.1) is 6.92 Å². The van der Waals surface area contributed by atoms with Gasteiger partial charge in [0.25, 0.3) is 0 Å². The molecule has 1 rings (SSSR count). The molecule has 0 aliphatic carbocycles. The van der Waals surface area contributed by atoms with Crippen molar-refractivity contribution in [3.8, 4) is 0 Å². The molecule has 0 bridgehead atoms. The SMILES string of the molecule is Cc1ccc(CCN(C)C(=O)CN)cc1. The minimum Gasteiger partial charge on any atom is -0.344 e. The molecule has 3 nitrogen and oxygen atoms in total.